The van der Waals surface area contributed by atoms with Gasteiger partial charge in [0, 0.05) is 5.56 Å². The Labute approximate surface area is 117 Å². The molecule has 20 heavy (non-hydrogen) atoms. The van der Waals surface area contributed by atoms with Crippen LogP contribution in [0.5, 0.6) is 0 Å². The number of benzene rings is 1. The van der Waals surface area contributed by atoms with Gasteiger partial charge in [0.25, 0.3) is 0 Å². The summed E-state index contributed by atoms with van der Waals surface area (Å²) in [5.74, 6) is 0.164. The van der Waals surface area contributed by atoms with Crippen molar-refractivity contribution < 1.29 is 9.53 Å². The van der Waals surface area contributed by atoms with Crippen molar-refractivity contribution in [2.45, 2.75) is 20.8 Å². The third-order valence-corrected chi connectivity index (χ3v) is 2.91. The van der Waals surface area contributed by atoms with Gasteiger partial charge in [-0.3, -0.25) is 0 Å². The molecule has 0 atom stereocenters. The van der Waals surface area contributed by atoms with Gasteiger partial charge in [0.1, 0.15) is 11.4 Å². The van der Waals surface area contributed by atoms with Crippen molar-refractivity contribution in [1.82, 2.24) is 9.97 Å². The van der Waals surface area contributed by atoms with E-state index in [-0.39, 0.29) is 18.0 Å². The monoisotopic (exact) mass is 271 g/mol. The summed E-state index contributed by atoms with van der Waals surface area (Å²) >= 11 is 0. The van der Waals surface area contributed by atoms with Gasteiger partial charge in [-0.25, -0.2) is 14.8 Å². The zero-order valence-corrected chi connectivity index (χ0v) is 11.8. The lowest BCUT2D eigenvalue weighted by molar-refractivity contribution is 0.0526. The topological polar surface area (TPSA) is 78.1 Å². The molecule has 0 fully saturated rings. The molecule has 0 spiro atoms. The van der Waals surface area contributed by atoms with Crippen molar-refractivity contribution >= 4 is 11.8 Å². The number of hydrogen-bond acceptors (Lipinski definition) is 5. The van der Waals surface area contributed by atoms with E-state index in [1.54, 1.807) is 13.8 Å². The normalized spacial score (nSPS) is 10.3. The number of nitrogens with zero attached hydrogens (tertiary/aromatic N) is 2. The number of aryl methyl sites for hydroxylation is 2. The van der Waals surface area contributed by atoms with Gasteiger partial charge >= 0.3 is 5.97 Å². The van der Waals surface area contributed by atoms with E-state index in [1.165, 1.54) is 0 Å². The number of aromatic nitrogens is 2. The number of anilines is 1. The van der Waals surface area contributed by atoms with Crippen LogP contribution < -0.4 is 5.73 Å². The minimum atomic E-state index is -0.488. The molecular weight excluding hydrogens is 254 g/mol. The molecule has 1 aromatic carbocycles. The summed E-state index contributed by atoms with van der Waals surface area (Å²) in [6.45, 7) is 5.76. The van der Waals surface area contributed by atoms with Crippen LogP contribution >= 0.6 is 0 Å². The maximum Gasteiger partial charge on any atom is 0.343 e. The second kappa shape index (κ2) is 5.69. The quantitative estimate of drug-likeness (QED) is 0.868. The Morgan fingerprint density at radius 3 is 2.40 bits per heavy atom. The fourth-order valence-electron chi connectivity index (χ4n) is 1.88. The molecule has 0 saturated heterocycles. The fourth-order valence-corrected chi connectivity index (χ4v) is 1.88. The van der Waals surface area contributed by atoms with Gasteiger partial charge in [-0.2, -0.15) is 0 Å². The molecule has 2 N–H and O–H groups in total. The number of nitrogens with two attached hydrogens (primary N) is 1. The summed E-state index contributed by atoms with van der Waals surface area (Å²) in [4.78, 5) is 20.3. The second-order valence-corrected chi connectivity index (χ2v) is 4.48. The van der Waals surface area contributed by atoms with E-state index in [0.29, 0.717) is 11.5 Å². The average molecular weight is 271 g/mol. The molecule has 5 heteroatoms. The zero-order valence-electron chi connectivity index (χ0n) is 11.8. The minimum Gasteiger partial charge on any atom is -0.462 e. The van der Waals surface area contributed by atoms with Crippen molar-refractivity contribution in [2.75, 3.05) is 12.3 Å². The Balaban J connectivity index is 2.44. The Kier molecular flexibility index (Phi) is 3.98. The van der Waals surface area contributed by atoms with Crippen molar-refractivity contribution in [1.29, 1.82) is 0 Å². The molecule has 0 aliphatic heterocycles. The van der Waals surface area contributed by atoms with Crippen molar-refractivity contribution in [3.63, 3.8) is 0 Å². The van der Waals surface area contributed by atoms with Crippen LogP contribution in [0.15, 0.2) is 24.3 Å². The average Bonchev–Trinajstić information content (AvgIpc) is 2.39. The van der Waals surface area contributed by atoms with E-state index < -0.39 is 5.97 Å². The van der Waals surface area contributed by atoms with E-state index in [4.69, 9.17) is 10.5 Å². The number of esters is 1. The van der Waals surface area contributed by atoms with E-state index in [1.807, 2.05) is 31.2 Å². The van der Waals surface area contributed by atoms with Gasteiger partial charge in [0.2, 0.25) is 0 Å². The summed E-state index contributed by atoms with van der Waals surface area (Å²) in [5.41, 5.74) is 8.64. The van der Waals surface area contributed by atoms with Crippen LogP contribution in [-0.4, -0.2) is 22.5 Å². The third-order valence-electron chi connectivity index (χ3n) is 2.91. The molecule has 2 rings (SSSR count). The number of carbonyl (C=O) groups excluding carboxylic acids is 1. The van der Waals surface area contributed by atoms with Gasteiger partial charge in [0.05, 0.1) is 12.3 Å². The standard InChI is InChI=1S/C15H17N3O2/c1-4-20-15(19)12-10(3)17-14(18-13(12)16)11-7-5-9(2)6-8-11/h5-8H,4H2,1-3H3,(H2,16,17,18). The lowest BCUT2D eigenvalue weighted by Gasteiger charge is -2.09. The van der Waals surface area contributed by atoms with E-state index >= 15 is 0 Å². The molecule has 0 bridgehead atoms. The van der Waals surface area contributed by atoms with E-state index in [2.05, 4.69) is 9.97 Å². The molecule has 0 aliphatic rings. The van der Waals surface area contributed by atoms with E-state index in [0.717, 1.165) is 11.1 Å². The largest absolute Gasteiger partial charge is 0.462 e. The lowest BCUT2D eigenvalue weighted by Crippen LogP contribution is -2.13. The first kappa shape index (κ1) is 14.0. The molecule has 1 aromatic heterocycles. The van der Waals surface area contributed by atoms with Gasteiger partial charge in [-0.15, -0.1) is 0 Å². The Morgan fingerprint density at radius 1 is 1.20 bits per heavy atom. The number of nitrogen functional groups attached to an aromatic ring is 1. The summed E-state index contributed by atoms with van der Waals surface area (Å²) in [5, 5.41) is 0. The highest BCUT2D eigenvalue weighted by molar-refractivity contribution is 5.95. The summed E-state index contributed by atoms with van der Waals surface area (Å²) in [6, 6.07) is 7.80. The summed E-state index contributed by atoms with van der Waals surface area (Å²) in [7, 11) is 0. The molecule has 0 radical (unpaired) electrons. The molecular formula is C15H17N3O2. The highest BCUT2D eigenvalue weighted by Gasteiger charge is 2.18. The number of carbonyl (C=O) groups is 1. The van der Waals surface area contributed by atoms with Crippen LogP contribution in [0, 0.1) is 13.8 Å². The molecule has 5 nitrogen and oxygen atoms in total. The first-order valence-electron chi connectivity index (χ1n) is 6.41. The van der Waals surface area contributed by atoms with Crippen LogP contribution in [0.2, 0.25) is 0 Å². The minimum absolute atomic E-state index is 0.145. The molecule has 2 aromatic rings. The summed E-state index contributed by atoms with van der Waals surface area (Å²) < 4.78 is 4.95. The van der Waals surface area contributed by atoms with Crippen molar-refractivity contribution in [3.8, 4) is 11.4 Å². The predicted molar refractivity (Wildman–Crippen MR) is 77.3 cm³/mol. The molecule has 0 unspecified atom stereocenters. The first-order valence-corrected chi connectivity index (χ1v) is 6.41. The van der Waals surface area contributed by atoms with Crippen LogP contribution in [0.3, 0.4) is 0 Å². The second-order valence-electron chi connectivity index (χ2n) is 4.48. The maximum atomic E-state index is 11.8. The smallest absolute Gasteiger partial charge is 0.343 e. The SMILES string of the molecule is CCOC(=O)c1c(C)nc(-c2ccc(C)cc2)nc1N. The first-order chi connectivity index (χ1) is 9.52. The highest BCUT2D eigenvalue weighted by Crippen LogP contribution is 2.21. The van der Waals surface area contributed by atoms with Crippen molar-refractivity contribution in [3.05, 3.63) is 41.1 Å². The zero-order chi connectivity index (χ0) is 14.7. The predicted octanol–water partition coefficient (Wildman–Crippen LogP) is 2.52. The fraction of sp³-hybridized carbons (Fsp3) is 0.267. The van der Waals surface area contributed by atoms with E-state index in [9.17, 15) is 4.79 Å². The van der Waals surface area contributed by atoms with Crippen molar-refractivity contribution in [2.24, 2.45) is 0 Å². The van der Waals surface area contributed by atoms with Crippen LogP contribution in [0.1, 0.15) is 28.5 Å². The number of rotatable bonds is 3. The van der Waals surface area contributed by atoms with Crippen LogP contribution in [0.4, 0.5) is 5.82 Å². The molecule has 0 amide bonds. The van der Waals surface area contributed by atoms with Crippen LogP contribution in [0.25, 0.3) is 11.4 Å². The molecule has 0 saturated carbocycles. The molecule has 1 heterocycles. The van der Waals surface area contributed by atoms with Crippen LogP contribution in [-0.2, 0) is 4.74 Å². The van der Waals surface area contributed by atoms with Gasteiger partial charge in [-0.1, -0.05) is 29.8 Å². The molecule has 0 aliphatic carbocycles. The maximum absolute atomic E-state index is 11.8. The van der Waals surface area contributed by atoms with Gasteiger partial charge in [0.15, 0.2) is 5.82 Å². The highest BCUT2D eigenvalue weighted by atomic mass is 16.5. The van der Waals surface area contributed by atoms with Gasteiger partial charge in [-0.05, 0) is 20.8 Å². The summed E-state index contributed by atoms with van der Waals surface area (Å²) in [6.07, 6.45) is 0. The Morgan fingerprint density at radius 2 is 1.85 bits per heavy atom. The Bertz CT molecular complexity index is 613. The Hall–Kier alpha value is -2.43. The molecule has 104 valence electrons. The van der Waals surface area contributed by atoms with Gasteiger partial charge < -0.3 is 10.5 Å². The lowest BCUT2D eigenvalue weighted by atomic mass is 10.1. The third kappa shape index (κ3) is 2.77. The number of hydrogen-bond donors (Lipinski definition) is 1. The number of ether oxygens (including phenoxy) is 1.